The standard InChI is InChI=1S/C28H29BrF2O7/c1-25-12-21(33)28(31)16(9-19(30)17-10-20(32)18(29)11-26(17,28)2)15(25)7-8-27(25,38)23(35)22(34)13-5-3-4-6-14(13)24(36)37/h3-6,10-11,15-16,19,21-22,33-34,38H,7-9,12H2,1-2H3,(H,36,37)/t15-,16-,19+,21-,22?,25-,26-,27-,28-/m0/s1. The quantitative estimate of drug-likeness (QED) is 0.417. The number of alkyl halides is 2. The van der Waals surface area contributed by atoms with Crippen molar-refractivity contribution in [3.05, 3.63) is 57.6 Å². The van der Waals surface area contributed by atoms with Gasteiger partial charge in [0.25, 0.3) is 0 Å². The molecule has 204 valence electrons. The highest BCUT2D eigenvalue weighted by Gasteiger charge is 2.75. The highest BCUT2D eigenvalue weighted by Crippen LogP contribution is 2.70. The van der Waals surface area contributed by atoms with E-state index in [0.717, 1.165) is 6.08 Å². The predicted octanol–water partition coefficient (Wildman–Crippen LogP) is 3.76. The summed E-state index contributed by atoms with van der Waals surface area (Å²) in [7, 11) is 0. The number of hydrogen-bond acceptors (Lipinski definition) is 6. The molecule has 0 spiro atoms. The molecule has 3 saturated carbocycles. The number of ketones is 2. The molecule has 0 aliphatic heterocycles. The molecule has 1 aromatic carbocycles. The fourth-order valence-corrected chi connectivity index (χ4v) is 8.54. The Balaban J connectivity index is 1.56. The smallest absolute Gasteiger partial charge is 0.336 e. The molecule has 0 aromatic heterocycles. The first-order valence-electron chi connectivity index (χ1n) is 12.6. The molecule has 10 heteroatoms. The summed E-state index contributed by atoms with van der Waals surface area (Å²) in [5.41, 5.74) is -8.24. The van der Waals surface area contributed by atoms with Gasteiger partial charge in [-0.1, -0.05) is 31.2 Å². The molecule has 5 rings (SSSR count). The number of fused-ring (bicyclic) bond motifs is 5. The van der Waals surface area contributed by atoms with Crippen molar-refractivity contribution in [1.29, 1.82) is 0 Å². The number of carbonyl (C=O) groups excluding carboxylic acids is 2. The van der Waals surface area contributed by atoms with E-state index >= 15 is 8.78 Å². The summed E-state index contributed by atoms with van der Waals surface area (Å²) in [6, 6.07) is 5.41. The molecule has 1 unspecified atom stereocenters. The Morgan fingerprint density at radius 1 is 1.18 bits per heavy atom. The average molecular weight is 595 g/mol. The molecule has 0 amide bonds. The highest BCUT2D eigenvalue weighted by molar-refractivity contribution is 9.12. The van der Waals surface area contributed by atoms with Crippen LogP contribution in [0.2, 0.25) is 0 Å². The van der Waals surface area contributed by atoms with Crippen LogP contribution in [-0.2, 0) is 9.59 Å². The molecule has 0 radical (unpaired) electrons. The molecule has 4 aliphatic carbocycles. The lowest BCUT2D eigenvalue weighted by molar-refractivity contribution is -0.223. The van der Waals surface area contributed by atoms with Crippen LogP contribution in [-0.4, -0.2) is 61.5 Å². The van der Waals surface area contributed by atoms with Crippen molar-refractivity contribution in [3.8, 4) is 0 Å². The summed E-state index contributed by atoms with van der Waals surface area (Å²) in [4.78, 5) is 37.6. The van der Waals surface area contributed by atoms with Crippen molar-refractivity contribution in [3.63, 3.8) is 0 Å². The van der Waals surface area contributed by atoms with E-state index in [-0.39, 0.29) is 46.9 Å². The van der Waals surface area contributed by atoms with Crippen molar-refractivity contribution < 1.29 is 43.6 Å². The number of benzene rings is 1. The van der Waals surface area contributed by atoms with Gasteiger partial charge in [0.05, 0.1) is 16.1 Å². The van der Waals surface area contributed by atoms with Crippen molar-refractivity contribution in [2.24, 2.45) is 22.7 Å². The van der Waals surface area contributed by atoms with Crippen LogP contribution in [0.15, 0.2) is 46.5 Å². The van der Waals surface area contributed by atoms with Gasteiger partial charge in [-0.05, 0) is 72.2 Å². The van der Waals surface area contributed by atoms with E-state index in [1.165, 1.54) is 44.2 Å². The lowest BCUT2D eigenvalue weighted by Crippen LogP contribution is -2.70. The number of carboxylic acid groups (broad SMARTS) is 1. The number of hydrogen-bond donors (Lipinski definition) is 4. The summed E-state index contributed by atoms with van der Waals surface area (Å²) in [6.07, 6.45) is -3.75. The zero-order chi connectivity index (χ0) is 28.0. The Bertz CT molecular complexity index is 1310. The lowest BCUT2D eigenvalue weighted by Gasteiger charge is -2.63. The number of aliphatic hydroxyl groups is 3. The molecule has 9 atom stereocenters. The highest BCUT2D eigenvalue weighted by atomic mass is 79.9. The number of aromatic carboxylic acids is 1. The summed E-state index contributed by atoms with van der Waals surface area (Å²) in [6.45, 7) is 2.99. The Hall–Kier alpha value is -2.27. The minimum Gasteiger partial charge on any atom is -0.478 e. The van der Waals surface area contributed by atoms with E-state index < -0.39 is 69.9 Å². The maximum absolute atomic E-state index is 17.3. The fraction of sp³-hybridized carbons (Fsp3) is 0.536. The van der Waals surface area contributed by atoms with Gasteiger partial charge < -0.3 is 20.4 Å². The van der Waals surface area contributed by atoms with E-state index in [4.69, 9.17) is 0 Å². The minimum atomic E-state index is -2.39. The minimum absolute atomic E-state index is 0.0443. The van der Waals surface area contributed by atoms with Gasteiger partial charge >= 0.3 is 5.97 Å². The molecule has 4 N–H and O–H groups in total. The van der Waals surface area contributed by atoms with Gasteiger partial charge in [-0.3, -0.25) is 9.59 Å². The molecule has 0 heterocycles. The number of halogens is 3. The van der Waals surface area contributed by atoms with E-state index in [9.17, 15) is 34.8 Å². The summed E-state index contributed by atoms with van der Waals surface area (Å²) < 4.78 is 33.0. The van der Waals surface area contributed by atoms with Crippen LogP contribution in [0.4, 0.5) is 8.78 Å². The monoisotopic (exact) mass is 594 g/mol. The first-order chi connectivity index (χ1) is 17.6. The second-order valence-corrected chi connectivity index (χ2v) is 12.4. The van der Waals surface area contributed by atoms with Crippen molar-refractivity contribution >= 4 is 33.5 Å². The lowest BCUT2D eigenvalue weighted by atomic mass is 9.44. The van der Waals surface area contributed by atoms with Crippen molar-refractivity contribution in [2.45, 2.75) is 69.2 Å². The zero-order valence-corrected chi connectivity index (χ0v) is 22.4. The van der Waals surface area contributed by atoms with Crippen LogP contribution in [0.5, 0.6) is 0 Å². The third-order valence-electron chi connectivity index (χ3n) is 9.98. The second-order valence-electron chi connectivity index (χ2n) is 11.5. The molecule has 4 aliphatic rings. The molecule has 38 heavy (non-hydrogen) atoms. The van der Waals surface area contributed by atoms with Gasteiger partial charge in [0.1, 0.15) is 17.9 Å². The maximum atomic E-state index is 17.3. The van der Waals surface area contributed by atoms with E-state index in [1.807, 2.05) is 0 Å². The topological polar surface area (TPSA) is 132 Å². The van der Waals surface area contributed by atoms with Gasteiger partial charge in [0.2, 0.25) is 0 Å². The average Bonchev–Trinajstić information content (AvgIpc) is 3.13. The molecule has 0 saturated heterocycles. The van der Waals surface area contributed by atoms with Gasteiger partial charge in [-0.25, -0.2) is 13.6 Å². The molecule has 3 fully saturated rings. The second kappa shape index (κ2) is 8.61. The van der Waals surface area contributed by atoms with Crippen molar-refractivity contribution in [2.75, 3.05) is 0 Å². The zero-order valence-electron chi connectivity index (χ0n) is 20.8. The van der Waals surface area contributed by atoms with Crippen LogP contribution >= 0.6 is 15.9 Å². The summed E-state index contributed by atoms with van der Waals surface area (Å²) in [5, 5.41) is 43.7. The number of carboxylic acids is 1. The Kier molecular flexibility index (Phi) is 6.19. The van der Waals surface area contributed by atoms with Crippen LogP contribution < -0.4 is 0 Å². The first kappa shape index (κ1) is 27.3. The summed E-state index contributed by atoms with van der Waals surface area (Å²) >= 11 is 3.13. The largest absolute Gasteiger partial charge is 0.478 e. The third kappa shape index (κ3) is 3.29. The summed E-state index contributed by atoms with van der Waals surface area (Å²) in [5.74, 6) is -4.74. The number of rotatable bonds is 4. The van der Waals surface area contributed by atoms with Crippen LogP contribution in [0.3, 0.4) is 0 Å². The van der Waals surface area contributed by atoms with E-state index in [1.54, 1.807) is 0 Å². The number of carbonyl (C=O) groups is 3. The molecule has 7 nitrogen and oxygen atoms in total. The van der Waals surface area contributed by atoms with Crippen LogP contribution in [0.25, 0.3) is 0 Å². The predicted molar refractivity (Wildman–Crippen MR) is 135 cm³/mol. The van der Waals surface area contributed by atoms with Gasteiger partial charge in [0, 0.05) is 22.3 Å². The maximum Gasteiger partial charge on any atom is 0.336 e. The fourth-order valence-electron chi connectivity index (χ4n) is 7.97. The third-order valence-corrected chi connectivity index (χ3v) is 10.6. The first-order valence-corrected chi connectivity index (χ1v) is 13.4. The van der Waals surface area contributed by atoms with Crippen molar-refractivity contribution in [1.82, 2.24) is 0 Å². The molecule has 0 bridgehead atoms. The number of allylic oxidation sites excluding steroid dienone is 4. The van der Waals surface area contributed by atoms with Gasteiger partial charge in [0.15, 0.2) is 17.2 Å². The van der Waals surface area contributed by atoms with Gasteiger partial charge in [-0.15, -0.1) is 0 Å². The Morgan fingerprint density at radius 3 is 2.50 bits per heavy atom. The molecular weight excluding hydrogens is 566 g/mol. The SMILES string of the molecule is C[C@]12C=C(Br)C(=O)C=C1[C@H](F)C[C@H]1[C@@H]3CC[C@](O)(C(=O)C(O)c4ccccc4C(=O)O)[C@@]3(C)C[C@H](O)[C@@]12F. The number of Topliss-reactive ketones (excluding diaryl/α,β-unsaturated/α-hetero) is 1. The normalized spacial score (nSPS) is 42.8. The van der Waals surface area contributed by atoms with Crippen LogP contribution in [0, 0.1) is 22.7 Å². The van der Waals surface area contributed by atoms with Gasteiger partial charge in [-0.2, -0.15) is 0 Å². The van der Waals surface area contributed by atoms with Crippen LogP contribution in [0.1, 0.15) is 61.6 Å². The molecular formula is C28H29BrF2O7. The number of aliphatic hydroxyl groups excluding tert-OH is 2. The molecule has 1 aromatic rings. The van der Waals surface area contributed by atoms with E-state index in [0.29, 0.717) is 0 Å². The Labute approximate surface area is 226 Å². The van der Waals surface area contributed by atoms with E-state index in [2.05, 4.69) is 15.9 Å². The Morgan fingerprint density at radius 2 is 1.84 bits per heavy atom.